The summed E-state index contributed by atoms with van der Waals surface area (Å²) in [5.74, 6) is 1.06. The van der Waals surface area contributed by atoms with Gasteiger partial charge in [-0.15, -0.1) is 0 Å². The number of nitrogens with zero attached hydrogens (tertiary/aromatic N) is 1. The van der Waals surface area contributed by atoms with Crippen molar-refractivity contribution in [3.8, 4) is 17.6 Å². The molecule has 0 bridgehead atoms. The molecule has 2 rings (SSSR count). The summed E-state index contributed by atoms with van der Waals surface area (Å²) in [5, 5.41) is 17.0. The van der Waals surface area contributed by atoms with E-state index in [9.17, 15) is 9.59 Å². The van der Waals surface area contributed by atoms with E-state index in [-0.39, 0.29) is 12.5 Å². The lowest BCUT2D eigenvalue weighted by Crippen LogP contribution is -2.31. The number of hydrogen-bond acceptors (Lipinski definition) is 6. The first-order chi connectivity index (χ1) is 15.4. The number of urea groups is 1. The molecule has 0 saturated carbocycles. The van der Waals surface area contributed by atoms with Crippen LogP contribution in [0.1, 0.15) is 38.3 Å². The smallest absolute Gasteiger partial charge is 0.407 e. The highest BCUT2D eigenvalue weighted by Gasteiger charge is 2.16. The van der Waals surface area contributed by atoms with Crippen LogP contribution in [0.15, 0.2) is 42.5 Å². The van der Waals surface area contributed by atoms with Gasteiger partial charge in [-0.25, -0.2) is 9.59 Å². The lowest BCUT2D eigenvalue weighted by Gasteiger charge is -2.18. The predicted molar refractivity (Wildman–Crippen MR) is 121 cm³/mol. The quantitative estimate of drug-likeness (QED) is 0.513. The minimum atomic E-state index is -0.593. The molecule has 0 aliphatic heterocycles. The summed E-state index contributed by atoms with van der Waals surface area (Å²) < 4.78 is 15.7. The third-order valence-electron chi connectivity index (χ3n) is 4.67. The Morgan fingerprint density at radius 1 is 1.03 bits per heavy atom. The van der Waals surface area contributed by atoms with Crippen molar-refractivity contribution >= 4 is 23.5 Å². The van der Waals surface area contributed by atoms with Gasteiger partial charge in [0.25, 0.3) is 0 Å². The number of carbonyl (C=O) groups excluding carboxylic acids is 2. The molecule has 0 spiro atoms. The summed E-state index contributed by atoms with van der Waals surface area (Å²) in [5.41, 5.74) is 1.87. The minimum absolute atomic E-state index is 0.146. The lowest BCUT2D eigenvalue weighted by atomic mass is 10.1. The molecule has 0 radical (unpaired) electrons. The number of rotatable bonds is 9. The zero-order valence-electron chi connectivity index (χ0n) is 18.6. The molecular weight excluding hydrogens is 412 g/mol. The largest absolute Gasteiger partial charge is 0.493 e. The molecule has 2 aromatic rings. The highest BCUT2D eigenvalue weighted by molar-refractivity contribution is 6.00. The molecule has 3 amide bonds. The molecule has 0 aliphatic rings. The number of ether oxygens (including phenoxy) is 3. The van der Waals surface area contributed by atoms with Gasteiger partial charge in [-0.05, 0) is 43.2 Å². The van der Waals surface area contributed by atoms with E-state index in [1.807, 2.05) is 19.1 Å². The fourth-order valence-corrected chi connectivity index (χ4v) is 2.91. The Labute approximate surface area is 187 Å². The van der Waals surface area contributed by atoms with Gasteiger partial charge in [0.05, 0.1) is 32.8 Å². The van der Waals surface area contributed by atoms with Crippen LogP contribution >= 0.6 is 0 Å². The topological polar surface area (TPSA) is 122 Å². The van der Waals surface area contributed by atoms with Crippen LogP contribution in [-0.2, 0) is 4.74 Å². The van der Waals surface area contributed by atoms with Crippen LogP contribution < -0.4 is 25.4 Å². The SMILES string of the molecule is CCC(CC#N)OC(=O)N[C@@H](C)c1cccc(NC(=O)Nc2ccc(OC)c(OC)c2)c1. The molecule has 170 valence electrons. The molecular formula is C23H28N4O5. The summed E-state index contributed by atoms with van der Waals surface area (Å²) in [6.45, 7) is 3.65. The Kier molecular flexibility index (Phi) is 9.17. The molecule has 1 unspecified atom stereocenters. The van der Waals surface area contributed by atoms with Gasteiger partial charge >= 0.3 is 12.1 Å². The summed E-state index contributed by atoms with van der Waals surface area (Å²) in [6.07, 6.45) is -0.332. The number of hydrogen-bond donors (Lipinski definition) is 3. The maximum absolute atomic E-state index is 12.4. The van der Waals surface area contributed by atoms with E-state index in [1.54, 1.807) is 43.3 Å². The van der Waals surface area contributed by atoms with Crippen molar-refractivity contribution in [1.82, 2.24) is 5.32 Å². The van der Waals surface area contributed by atoms with Crippen molar-refractivity contribution in [2.75, 3.05) is 24.9 Å². The van der Waals surface area contributed by atoms with Gasteiger partial charge in [0.15, 0.2) is 11.5 Å². The van der Waals surface area contributed by atoms with E-state index in [4.69, 9.17) is 19.5 Å². The summed E-state index contributed by atoms with van der Waals surface area (Å²) in [6, 6.07) is 13.3. The predicted octanol–water partition coefficient (Wildman–Crippen LogP) is 4.83. The van der Waals surface area contributed by atoms with E-state index >= 15 is 0 Å². The van der Waals surface area contributed by atoms with Crippen LogP contribution in [0, 0.1) is 11.3 Å². The van der Waals surface area contributed by atoms with Crippen molar-refractivity contribution in [2.45, 2.75) is 38.8 Å². The molecule has 0 saturated heterocycles. The Hall–Kier alpha value is -3.93. The number of nitrogens with one attached hydrogen (secondary N) is 3. The van der Waals surface area contributed by atoms with Crippen LogP contribution in [0.3, 0.4) is 0 Å². The normalized spacial score (nSPS) is 12.0. The average Bonchev–Trinajstić information content (AvgIpc) is 2.78. The van der Waals surface area contributed by atoms with E-state index in [0.29, 0.717) is 29.3 Å². The highest BCUT2D eigenvalue weighted by Crippen LogP contribution is 2.29. The Morgan fingerprint density at radius 2 is 1.72 bits per heavy atom. The monoisotopic (exact) mass is 440 g/mol. The third kappa shape index (κ3) is 7.09. The van der Waals surface area contributed by atoms with Crippen molar-refractivity contribution in [1.29, 1.82) is 5.26 Å². The molecule has 9 heteroatoms. The second-order valence-electron chi connectivity index (χ2n) is 6.94. The van der Waals surface area contributed by atoms with Gasteiger partial charge in [-0.3, -0.25) is 0 Å². The van der Waals surface area contributed by atoms with Gasteiger partial charge in [0, 0.05) is 17.4 Å². The maximum Gasteiger partial charge on any atom is 0.407 e. The summed E-state index contributed by atoms with van der Waals surface area (Å²) in [7, 11) is 3.05. The van der Waals surface area contributed by atoms with E-state index in [1.165, 1.54) is 14.2 Å². The first-order valence-electron chi connectivity index (χ1n) is 10.1. The molecule has 2 aromatic carbocycles. The number of benzene rings is 2. The zero-order chi connectivity index (χ0) is 23.5. The highest BCUT2D eigenvalue weighted by atomic mass is 16.6. The summed E-state index contributed by atoms with van der Waals surface area (Å²) in [4.78, 5) is 24.5. The fourth-order valence-electron chi connectivity index (χ4n) is 2.91. The van der Waals surface area contributed by atoms with Crippen LogP contribution in [-0.4, -0.2) is 32.4 Å². The van der Waals surface area contributed by atoms with Gasteiger partial charge in [0.1, 0.15) is 6.10 Å². The summed E-state index contributed by atoms with van der Waals surface area (Å²) >= 11 is 0. The Bertz CT molecular complexity index is 973. The lowest BCUT2D eigenvalue weighted by molar-refractivity contribution is 0.0950. The van der Waals surface area contributed by atoms with Crippen LogP contribution in [0.4, 0.5) is 21.0 Å². The minimum Gasteiger partial charge on any atom is -0.493 e. The zero-order valence-corrected chi connectivity index (χ0v) is 18.6. The fraction of sp³-hybridized carbons (Fsp3) is 0.348. The molecule has 0 aromatic heterocycles. The molecule has 0 aliphatic carbocycles. The molecule has 9 nitrogen and oxygen atoms in total. The number of methoxy groups -OCH3 is 2. The number of alkyl carbamates (subject to hydrolysis) is 1. The molecule has 3 N–H and O–H groups in total. The molecule has 0 fully saturated rings. The van der Waals surface area contributed by atoms with Crippen LogP contribution in [0.2, 0.25) is 0 Å². The standard InChI is InChI=1S/C23H28N4O5/c1-5-19(11-12-24)32-23(29)25-15(2)16-7-6-8-17(13-16)26-22(28)27-18-9-10-20(30-3)21(14-18)31-4/h6-10,13-15,19H,5,11H2,1-4H3,(H,25,29)(H2,26,27,28)/t15-,19?/m0/s1. The Balaban J connectivity index is 1.98. The maximum atomic E-state index is 12.4. The molecule has 2 atom stereocenters. The van der Waals surface area contributed by atoms with Gasteiger partial charge < -0.3 is 30.2 Å². The van der Waals surface area contributed by atoms with Crippen molar-refractivity contribution in [3.05, 3.63) is 48.0 Å². The second kappa shape index (κ2) is 12.1. The van der Waals surface area contributed by atoms with Crippen LogP contribution in [0.25, 0.3) is 0 Å². The molecule has 32 heavy (non-hydrogen) atoms. The van der Waals surface area contributed by atoms with Gasteiger partial charge in [-0.1, -0.05) is 19.1 Å². The number of nitriles is 1. The van der Waals surface area contributed by atoms with Crippen molar-refractivity contribution < 1.29 is 23.8 Å². The van der Waals surface area contributed by atoms with E-state index in [0.717, 1.165) is 5.56 Å². The first kappa shape index (κ1) is 24.3. The number of amides is 3. The van der Waals surface area contributed by atoms with Gasteiger partial charge in [0.2, 0.25) is 0 Å². The van der Waals surface area contributed by atoms with Crippen molar-refractivity contribution in [2.24, 2.45) is 0 Å². The Morgan fingerprint density at radius 3 is 2.34 bits per heavy atom. The average molecular weight is 441 g/mol. The van der Waals surface area contributed by atoms with Crippen LogP contribution in [0.5, 0.6) is 11.5 Å². The van der Waals surface area contributed by atoms with Gasteiger partial charge in [-0.2, -0.15) is 5.26 Å². The van der Waals surface area contributed by atoms with E-state index in [2.05, 4.69) is 16.0 Å². The number of carbonyl (C=O) groups is 2. The van der Waals surface area contributed by atoms with E-state index < -0.39 is 18.2 Å². The van der Waals surface area contributed by atoms with Crippen molar-refractivity contribution in [3.63, 3.8) is 0 Å². The molecule has 0 heterocycles. The third-order valence-corrected chi connectivity index (χ3v) is 4.67. The first-order valence-corrected chi connectivity index (χ1v) is 10.1. The number of anilines is 2. The second-order valence-corrected chi connectivity index (χ2v) is 6.94.